The summed E-state index contributed by atoms with van der Waals surface area (Å²) in [6.07, 6.45) is 2.78. The molecule has 8 heteroatoms. The van der Waals surface area contributed by atoms with E-state index in [1.54, 1.807) is 36.4 Å². The molecule has 1 aromatic heterocycles. The van der Waals surface area contributed by atoms with Crippen LogP contribution in [-0.4, -0.2) is 21.9 Å². The first-order valence-corrected chi connectivity index (χ1v) is 10.3. The summed E-state index contributed by atoms with van der Waals surface area (Å²) < 4.78 is 0. The summed E-state index contributed by atoms with van der Waals surface area (Å²) in [7, 11) is 0. The third-order valence-electron chi connectivity index (χ3n) is 4.95. The van der Waals surface area contributed by atoms with Gasteiger partial charge in [0.1, 0.15) is 6.33 Å². The second-order valence-electron chi connectivity index (χ2n) is 7.17. The third-order valence-corrected chi connectivity index (χ3v) is 5.20. The van der Waals surface area contributed by atoms with E-state index in [0.29, 0.717) is 40.3 Å². The van der Waals surface area contributed by atoms with E-state index in [9.17, 15) is 9.59 Å². The number of benzene rings is 3. The van der Waals surface area contributed by atoms with Gasteiger partial charge < -0.3 is 16.4 Å². The molecule has 0 fully saturated rings. The summed E-state index contributed by atoms with van der Waals surface area (Å²) >= 11 is 5.87. The Bertz CT molecular complexity index is 1290. The number of hydrogen-bond donors (Lipinski definition) is 3. The van der Waals surface area contributed by atoms with Crippen molar-refractivity contribution in [1.29, 1.82) is 0 Å². The highest BCUT2D eigenvalue weighted by molar-refractivity contribution is 6.30. The maximum atomic E-state index is 12.3. The van der Waals surface area contributed by atoms with Gasteiger partial charge in [-0.05, 0) is 60.9 Å². The molecule has 0 unspecified atom stereocenters. The number of aryl methyl sites for hydroxylation is 2. The minimum atomic E-state index is -0.518. The zero-order valence-electron chi connectivity index (χ0n) is 17.0. The van der Waals surface area contributed by atoms with Crippen molar-refractivity contribution in [2.45, 2.75) is 12.8 Å². The number of rotatable bonds is 6. The SMILES string of the molecule is NC(=O)c1cccc2c(CCc3cccc(NC(=O)Nc4ccc(Cl)cc4)c3)ncnc12. The number of carbonyl (C=O) groups excluding carboxylic acids is 2. The maximum absolute atomic E-state index is 12.3. The van der Waals surface area contributed by atoms with E-state index in [0.717, 1.165) is 16.6 Å². The molecule has 0 saturated heterocycles. The molecular formula is C24H20ClN5O2. The predicted molar refractivity (Wildman–Crippen MR) is 126 cm³/mol. The Morgan fingerprint density at radius 1 is 0.875 bits per heavy atom. The molecule has 0 aliphatic rings. The highest BCUT2D eigenvalue weighted by atomic mass is 35.5. The molecule has 0 atom stereocenters. The second kappa shape index (κ2) is 9.45. The van der Waals surface area contributed by atoms with Gasteiger partial charge in [-0.3, -0.25) is 4.79 Å². The predicted octanol–water partition coefficient (Wildman–Crippen LogP) is 4.81. The zero-order chi connectivity index (χ0) is 22.5. The van der Waals surface area contributed by atoms with Crippen LogP contribution < -0.4 is 16.4 Å². The fourth-order valence-electron chi connectivity index (χ4n) is 3.43. The van der Waals surface area contributed by atoms with Crippen LogP contribution in [0.4, 0.5) is 16.2 Å². The topological polar surface area (TPSA) is 110 Å². The fourth-order valence-corrected chi connectivity index (χ4v) is 3.56. The van der Waals surface area contributed by atoms with Gasteiger partial charge in [0.05, 0.1) is 16.8 Å². The van der Waals surface area contributed by atoms with Crippen LogP contribution in [0.25, 0.3) is 10.9 Å². The lowest BCUT2D eigenvalue weighted by atomic mass is 10.0. The molecule has 1 heterocycles. The number of amides is 3. The molecule has 3 amide bonds. The van der Waals surface area contributed by atoms with Crippen molar-refractivity contribution in [1.82, 2.24) is 9.97 Å². The molecule has 32 heavy (non-hydrogen) atoms. The normalized spacial score (nSPS) is 10.7. The molecule has 3 aromatic carbocycles. The lowest BCUT2D eigenvalue weighted by Gasteiger charge is -2.10. The lowest BCUT2D eigenvalue weighted by Crippen LogP contribution is -2.19. The Hall–Kier alpha value is -3.97. The van der Waals surface area contributed by atoms with E-state index in [-0.39, 0.29) is 6.03 Å². The average molecular weight is 446 g/mol. The van der Waals surface area contributed by atoms with E-state index in [1.807, 2.05) is 30.3 Å². The van der Waals surface area contributed by atoms with Crippen LogP contribution in [-0.2, 0) is 12.8 Å². The number of anilines is 2. The van der Waals surface area contributed by atoms with Crippen LogP contribution >= 0.6 is 11.6 Å². The molecular weight excluding hydrogens is 426 g/mol. The first kappa shape index (κ1) is 21.3. The van der Waals surface area contributed by atoms with E-state index >= 15 is 0 Å². The summed E-state index contributed by atoms with van der Waals surface area (Å²) in [5.74, 6) is -0.518. The number of para-hydroxylation sites is 1. The van der Waals surface area contributed by atoms with Gasteiger partial charge in [-0.2, -0.15) is 0 Å². The molecule has 4 aromatic rings. The molecule has 4 rings (SSSR count). The number of primary amides is 1. The third kappa shape index (κ3) is 5.01. The minimum Gasteiger partial charge on any atom is -0.366 e. The van der Waals surface area contributed by atoms with Crippen LogP contribution in [0, 0.1) is 0 Å². The Morgan fingerprint density at radius 3 is 2.41 bits per heavy atom. The lowest BCUT2D eigenvalue weighted by molar-refractivity contribution is 0.100. The molecule has 7 nitrogen and oxygen atoms in total. The smallest absolute Gasteiger partial charge is 0.323 e. The first-order valence-electron chi connectivity index (χ1n) is 9.94. The van der Waals surface area contributed by atoms with Crippen molar-refractivity contribution in [3.63, 3.8) is 0 Å². The van der Waals surface area contributed by atoms with Gasteiger partial charge in [-0.1, -0.05) is 35.9 Å². The first-order chi connectivity index (χ1) is 15.5. The minimum absolute atomic E-state index is 0.342. The number of halogens is 1. The molecule has 0 spiro atoms. The van der Waals surface area contributed by atoms with Gasteiger partial charge in [0, 0.05) is 21.8 Å². The number of aromatic nitrogens is 2. The van der Waals surface area contributed by atoms with Crippen molar-refractivity contribution in [2.75, 3.05) is 10.6 Å². The quantitative estimate of drug-likeness (QED) is 0.395. The highest BCUT2D eigenvalue weighted by Gasteiger charge is 2.11. The largest absolute Gasteiger partial charge is 0.366 e. The number of nitrogens with two attached hydrogens (primary N) is 1. The number of urea groups is 1. The number of hydrogen-bond acceptors (Lipinski definition) is 4. The number of nitrogens with one attached hydrogen (secondary N) is 2. The van der Waals surface area contributed by atoms with Crippen LogP contribution in [0.5, 0.6) is 0 Å². The summed E-state index contributed by atoms with van der Waals surface area (Å²) in [6, 6.07) is 19.5. The standard InChI is InChI=1S/C24H20ClN5O2/c25-16-8-10-17(11-9-16)29-24(32)30-18-4-1-3-15(13-18)7-12-21-19-5-2-6-20(23(26)31)22(19)28-14-27-21/h1-6,8-11,13-14H,7,12H2,(H2,26,31)(H2,29,30,32). The average Bonchev–Trinajstić information content (AvgIpc) is 2.79. The van der Waals surface area contributed by atoms with Crippen LogP contribution in [0.2, 0.25) is 5.02 Å². The van der Waals surface area contributed by atoms with Gasteiger partial charge in [0.2, 0.25) is 0 Å². The van der Waals surface area contributed by atoms with Crippen LogP contribution in [0.3, 0.4) is 0 Å². The maximum Gasteiger partial charge on any atom is 0.323 e. The summed E-state index contributed by atoms with van der Waals surface area (Å²) in [5, 5.41) is 7.01. The molecule has 4 N–H and O–H groups in total. The van der Waals surface area contributed by atoms with Gasteiger partial charge in [0.25, 0.3) is 5.91 Å². The number of fused-ring (bicyclic) bond motifs is 1. The van der Waals surface area contributed by atoms with E-state index in [2.05, 4.69) is 20.6 Å². The van der Waals surface area contributed by atoms with E-state index in [4.69, 9.17) is 17.3 Å². The number of nitrogens with zero attached hydrogens (tertiary/aromatic N) is 2. The molecule has 0 saturated carbocycles. The molecule has 0 bridgehead atoms. The number of carbonyl (C=O) groups is 2. The fraction of sp³-hybridized carbons (Fsp3) is 0.0833. The summed E-state index contributed by atoms with van der Waals surface area (Å²) in [6.45, 7) is 0. The van der Waals surface area contributed by atoms with Crippen molar-refractivity contribution in [2.24, 2.45) is 5.73 Å². The summed E-state index contributed by atoms with van der Waals surface area (Å²) in [5.41, 5.74) is 9.59. The van der Waals surface area contributed by atoms with Crippen LogP contribution in [0.1, 0.15) is 21.6 Å². The molecule has 0 aliphatic heterocycles. The molecule has 0 aliphatic carbocycles. The van der Waals surface area contributed by atoms with Gasteiger partial charge in [-0.25, -0.2) is 14.8 Å². The Kier molecular flexibility index (Phi) is 6.28. The monoisotopic (exact) mass is 445 g/mol. The molecule has 160 valence electrons. The Labute approximate surface area is 189 Å². The molecule has 0 radical (unpaired) electrons. The summed E-state index contributed by atoms with van der Waals surface area (Å²) in [4.78, 5) is 32.6. The van der Waals surface area contributed by atoms with Crippen molar-refractivity contribution in [3.05, 3.63) is 94.9 Å². The zero-order valence-corrected chi connectivity index (χ0v) is 17.8. The van der Waals surface area contributed by atoms with Crippen molar-refractivity contribution >= 4 is 45.8 Å². The Morgan fingerprint density at radius 2 is 1.62 bits per heavy atom. The van der Waals surface area contributed by atoms with Gasteiger partial charge >= 0.3 is 6.03 Å². The van der Waals surface area contributed by atoms with E-state index in [1.165, 1.54) is 6.33 Å². The second-order valence-corrected chi connectivity index (χ2v) is 7.61. The van der Waals surface area contributed by atoms with Crippen LogP contribution in [0.15, 0.2) is 73.1 Å². The van der Waals surface area contributed by atoms with Gasteiger partial charge in [-0.15, -0.1) is 0 Å². The Balaban J connectivity index is 1.44. The van der Waals surface area contributed by atoms with Gasteiger partial charge in [0.15, 0.2) is 0 Å². The van der Waals surface area contributed by atoms with E-state index < -0.39 is 5.91 Å². The highest BCUT2D eigenvalue weighted by Crippen LogP contribution is 2.21. The van der Waals surface area contributed by atoms with Crippen molar-refractivity contribution in [3.8, 4) is 0 Å². The van der Waals surface area contributed by atoms with Crippen molar-refractivity contribution < 1.29 is 9.59 Å².